The van der Waals surface area contributed by atoms with Crippen LogP contribution >= 0.6 is 11.8 Å². The fourth-order valence-electron chi connectivity index (χ4n) is 1.40. The summed E-state index contributed by atoms with van der Waals surface area (Å²) >= 11 is 1.66. The first-order chi connectivity index (χ1) is 8.33. The molecule has 1 rings (SSSR count). The van der Waals surface area contributed by atoms with Gasteiger partial charge < -0.3 is 9.47 Å². The molecule has 0 aliphatic heterocycles. The van der Waals surface area contributed by atoms with E-state index in [4.69, 9.17) is 14.7 Å². The number of hydrogen-bond donors (Lipinski definition) is 0. The summed E-state index contributed by atoms with van der Waals surface area (Å²) in [4.78, 5) is 0.985. The summed E-state index contributed by atoms with van der Waals surface area (Å²) in [5, 5.41) is 9.16. The molecule has 1 aromatic rings. The maximum atomic E-state index is 9.16. The van der Waals surface area contributed by atoms with Crippen LogP contribution in [-0.4, -0.2) is 26.1 Å². The van der Waals surface area contributed by atoms with E-state index in [1.807, 2.05) is 18.2 Å². The Morgan fingerprint density at radius 2 is 2.18 bits per heavy atom. The van der Waals surface area contributed by atoms with Crippen molar-refractivity contribution in [3.8, 4) is 11.8 Å². The third-order valence-corrected chi connectivity index (χ3v) is 3.09. The Labute approximate surface area is 107 Å². The molecule has 0 bridgehead atoms. The van der Waals surface area contributed by atoms with Crippen molar-refractivity contribution in [1.82, 2.24) is 0 Å². The van der Waals surface area contributed by atoms with Gasteiger partial charge in [-0.2, -0.15) is 5.26 Å². The van der Waals surface area contributed by atoms with E-state index in [-0.39, 0.29) is 0 Å². The number of ether oxygens (including phenoxy) is 2. The first-order valence-electron chi connectivity index (χ1n) is 5.61. The van der Waals surface area contributed by atoms with Crippen molar-refractivity contribution in [1.29, 1.82) is 5.26 Å². The molecule has 1 aromatic carbocycles. The van der Waals surface area contributed by atoms with Gasteiger partial charge in [0, 0.05) is 25.0 Å². The second kappa shape index (κ2) is 7.99. The van der Waals surface area contributed by atoms with Gasteiger partial charge >= 0.3 is 0 Å². The van der Waals surface area contributed by atoms with Gasteiger partial charge in [-0.05, 0) is 17.9 Å². The van der Waals surface area contributed by atoms with Crippen molar-refractivity contribution >= 4 is 11.8 Å². The Morgan fingerprint density at radius 1 is 1.35 bits per heavy atom. The molecule has 0 unspecified atom stereocenters. The van der Waals surface area contributed by atoms with E-state index in [9.17, 15) is 0 Å². The molecule has 92 valence electrons. The molecule has 4 heteroatoms. The number of hydrogen-bond acceptors (Lipinski definition) is 4. The molecule has 0 fully saturated rings. The van der Waals surface area contributed by atoms with Crippen molar-refractivity contribution < 1.29 is 9.47 Å². The molecule has 3 nitrogen and oxygen atoms in total. The lowest BCUT2D eigenvalue weighted by Crippen LogP contribution is -2.03. The van der Waals surface area contributed by atoms with Gasteiger partial charge in [0.1, 0.15) is 17.4 Å². The molecule has 0 aromatic heterocycles. The molecule has 17 heavy (non-hydrogen) atoms. The largest absolute Gasteiger partial charge is 0.492 e. The van der Waals surface area contributed by atoms with Crippen LogP contribution in [0.2, 0.25) is 0 Å². The predicted molar refractivity (Wildman–Crippen MR) is 69.5 cm³/mol. The molecule has 0 saturated heterocycles. The van der Waals surface area contributed by atoms with Crippen LogP contribution in [0.5, 0.6) is 5.75 Å². The van der Waals surface area contributed by atoms with Gasteiger partial charge in [0.25, 0.3) is 0 Å². The lowest BCUT2D eigenvalue weighted by atomic mass is 10.2. The zero-order valence-electron chi connectivity index (χ0n) is 10.2. The Kier molecular flexibility index (Phi) is 6.53. The average Bonchev–Trinajstić information content (AvgIpc) is 2.35. The van der Waals surface area contributed by atoms with Crippen LogP contribution in [0.25, 0.3) is 0 Å². The molecule has 0 aliphatic rings. The van der Waals surface area contributed by atoms with Crippen LogP contribution in [0.1, 0.15) is 18.9 Å². The maximum absolute atomic E-state index is 9.16. The van der Waals surface area contributed by atoms with Crippen LogP contribution in [0.3, 0.4) is 0 Å². The van der Waals surface area contributed by atoms with Gasteiger partial charge in [0.2, 0.25) is 0 Å². The Bertz CT molecular complexity index is 387. The van der Waals surface area contributed by atoms with Crippen LogP contribution in [0.4, 0.5) is 0 Å². The zero-order valence-corrected chi connectivity index (χ0v) is 11.0. The van der Waals surface area contributed by atoms with Gasteiger partial charge in [-0.25, -0.2) is 0 Å². The monoisotopic (exact) mass is 251 g/mol. The van der Waals surface area contributed by atoms with Crippen LogP contribution in [0.15, 0.2) is 23.1 Å². The predicted octanol–water partition coefficient (Wildman–Crippen LogP) is 3.09. The molecule has 0 N–H and O–H groups in total. The fourth-order valence-corrected chi connectivity index (χ4v) is 2.18. The standard InChI is InChI=1S/C13H17NO2S/c1-3-17-13-7-4-6-12(11(13)10-14)16-9-5-8-15-2/h4,6-7H,3,5,8-9H2,1-2H3. The van der Waals surface area contributed by atoms with Crippen molar-refractivity contribution in [2.45, 2.75) is 18.2 Å². The number of benzene rings is 1. The summed E-state index contributed by atoms with van der Waals surface area (Å²) in [6.07, 6.45) is 0.826. The normalized spacial score (nSPS) is 9.94. The molecule has 0 heterocycles. The van der Waals surface area contributed by atoms with Gasteiger partial charge in [-0.3, -0.25) is 0 Å². The Morgan fingerprint density at radius 3 is 2.82 bits per heavy atom. The lowest BCUT2D eigenvalue weighted by Gasteiger charge is -2.10. The van der Waals surface area contributed by atoms with E-state index in [1.165, 1.54) is 0 Å². The summed E-state index contributed by atoms with van der Waals surface area (Å²) in [6.45, 7) is 3.31. The molecule has 0 radical (unpaired) electrons. The van der Waals surface area contributed by atoms with Gasteiger partial charge in [0.15, 0.2) is 0 Å². The zero-order chi connectivity index (χ0) is 12.5. The fraction of sp³-hybridized carbons (Fsp3) is 0.462. The first kappa shape index (κ1) is 13.9. The maximum Gasteiger partial charge on any atom is 0.138 e. The summed E-state index contributed by atoms with van der Waals surface area (Å²) in [5.74, 6) is 1.61. The van der Waals surface area contributed by atoms with Crippen molar-refractivity contribution in [2.75, 3.05) is 26.1 Å². The average molecular weight is 251 g/mol. The highest BCUT2D eigenvalue weighted by Crippen LogP contribution is 2.29. The molecular weight excluding hydrogens is 234 g/mol. The third-order valence-electron chi connectivity index (χ3n) is 2.15. The first-order valence-corrected chi connectivity index (χ1v) is 6.59. The van der Waals surface area contributed by atoms with E-state index in [2.05, 4.69) is 13.0 Å². The number of rotatable bonds is 7. The van der Waals surface area contributed by atoms with E-state index in [1.54, 1.807) is 18.9 Å². The minimum Gasteiger partial charge on any atom is -0.492 e. The molecule has 0 spiro atoms. The van der Waals surface area contributed by atoms with E-state index < -0.39 is 0 Å². The second-order valence-electron chi connectivity index (χ2n) is 3.37. The molecule has 0 aliphatic carbocycles. The summed E-state index contributed by atoms with van der Waals surface area (Å²) in [6, 6.07) is 7.93. The van der Waals surface area contributed by atoms with E-state index >= 15 is 0 Å². The van der Waals surface area contributed by atoms with E-state index in [0.717, 1.165) is 17.1 Å². The SMILES string of the molecule is CCSc1cccc(OCCCOC)c1C#N. The summed E-state index contributed by atoms with van der Waals surface area (Å²) in [5.41, 5.74) is 0.636. The summed E-state index contributed by atoms with van der Waals surface area (Å²) < 4.78 is 10.6. The molecule has 0 amide bonds. The van der Waals surface area contributed by atoms with Crippen molar-refractivity contribution in [3.63, 3.8) is 0 Å². The molecule has 0 atom stereocenters. The van der Waals surface area contributed by atoms with Gasteiger partial charge in [-0.1, -0.05) is 13.0 Å². The quantitative estimate of drug-likeness (QED) is 0.551. The number of thioether (sulfide) groups is 1. The van der Waals surface area contributed by atoms with Gasteiger partial charge in [0.05, 0.1) is 6.61 Å². The lowest BCUT2D eigenvalue weighted by molar-refractivity contribution is 0.172. The summed E-state index contributed by atoms with van der Waals surface area (Å²) in [7, 11) is 1.67. The van der Waals surface area contributed by atoms with Gasteiger partial charge in [-0.15, -0.1) is 11.8 Å². The van der Waals surface area contributed by atoms with Crippen molar-refractivity contribution in [2.24, 2.45) is 0 Å². The van der Waals surface area contributed by atoms with Crippen LogP contribution in [-0.2, 0) is 4.74 Å². The molecular formula is C13H17NO2S. The second-order valence-corrected chi connectivity index (χ2v) is 4.67. The third kappa shape index (κ3) is 4.29. The Hall–Kier alpha value is -1.18. The minimum absolute atomic E-state index is 0.572. The highest BCUT2D eigenvalue weighted by Gasteiger charge is 2.08. The van der Waals surface area contributed by atoms with E-state index in [0.29, 0.717) is 24.5 Å². The topological polar surface area (TPSA) is 42.2 Å². The van der Waals surface area contributed by atoms with Crippen molar-refractivity contribution in [3.05, 3.63) is 23.8 Å². The molecule has 0 saturated carbocycles. The number of methoxy groups -OCH3 is 1. The smallest absolute Gasteiger partial charge is 0.138 e. The van der Waals surface area contributed by atoms with Crippen LogP contribution < -0.4 is 4.74 Å². The number of nitrogens with zero attached hydrogens (tertiary/aromatic N) is 1. The highest BCUT2D eigenvalue weighted by molar-refractivity contribution is 7.99. The van der Waals surface area contributed by atoms with Crippen LogP contribution in [0, 0.1) is 11.3 Å². The highest BCUT2D eigenvalue weighted by atomic mass is 32.2. The minimum atomic E-state index is 0.572. The number of nitriles is 1. The Balaban J connectivity index is 2.70.